The van der Waals surface area contributed by atoms with Gasteiger partial charge in [0.15, 0.2) is 11.5 Å². The quantitative estimate of drug-likeness (QED) is 0.149. The maximum Gasteiger partial charge on any atom is 0.490 e. The lowest BCUT2D eigenvalue weighted by Gasteiger charge is -2.22. The van der Waals surface area contributed by atoms with Crippen LogP contribution in [0, 0.1) is 0 Å². The number of phenols is 1. The number of nitrogens with two attached hydrogens (primary N) is 1. The molecule has 1 unspecified atom stereocenters. The fraction of sp³-hybridized carbons (Fsp3) is 0.258. The molecule has 0 fully saturated rings. The van der Waals surface area contributed by atoms with Crippen LogP contribution in [0.5, 0.6) is 17.2 Å². The van der Waals surface area contributed by atoms with E-state index in [9.17, 15) is 23.1 Å². The van der Waals surface area contributed by atoms with Gasteiger partial charge < -0.3 is 36.1 Å². The Labute approximate surface area is 251 Å². The Hall–Kier alpha value is -5.20. The van der Waals surface area contributed by atoms with Gasteiger partial charge in [0.05, 0.1) is 12.7 Å². The molecule has 3 aromatic carbocycles. The number of hydrogen-bond acceptors (Lipinski definition) is 8. The predicted octanol–water partition coefficient (Wildman–Crippen LogP) is 5.81. The number of nitrogens with zero attached hydrogens (tertiary/aromatic N) is 1. The van der Waals surface area contributed by atoms with Crippen molar-refractivity contribution in [3.05, 3.63) is 84.1 Å². The van der Waals surface area contributed by atoms with Gasteiger partial charge in [-0.25, -0.2) is 9.78 Å². The number of alkyl halides is 3. The number of aromatic nitrogens is 1. The molecule has 13 heteroatoms. The minimum atomic E-state index is -5.08. The zero-order valence-electron chi connectivity index (χ0n) is 24.2. The van der Waals surface area contributed by atoms with Crippen molar-refractivity contribution in [2.24, 2.45) is 0 Å². The highest BCUT2D eigenvalue weighted by Gasteiger charge is 2.38. The first-order valence-corrected chi connectivity index (χ1v) is 13.5. The largest absolute Gasteiger partial charge is 0.508 e. The van der Waals surface area contributed by atoms with E-state index in [1.807, 2.05) is 69.3 Å². The first-order valence-electron chi connectivity index (χ1n) is 13.5. The van der Waals surface area contributed by atoms with Gasteiger partial charge in [0.25, 0.3) is 0 Å². The number of carboxylic acid groups (broad SMARTS) is 1. The summed E-state index contributed by atoms with van der Waals surface area (Å²) in [6.45, 7) is 6.52. The molecular formula is C31H33F3N4O6. The average molecular weight is 615 g/mol. The molecular weight excluding hydrogens is 581 g/mol. The number of benzene rings is 3. The Morgan fingerprint density at radius 3 is 2.39 bits per heavy atom. The number of carbonyl (C=O) groups is 2. The summed E-state index contributed by atoms with van der Waals surface area (Å²) in [4.78, 5) is 26.6. The number of nitrogen functional groups attached to an aromatic ring is 1. The highest BCUT2D eigenvalue weighted by Crippen LogP contribution is 2.33. The third-order valence-electron chi connectivity index (χ3n) is 5.95. The second kappa shape index (κ2) is 14.8. The van der Waals surface area contributed by atoms with Crippen LogP contribution in [-0.2, 0) is 16.1 Å². The molecule has 0 aliphatic rings. The molecule has 1 atom stereocenters. The summed E-state index contributed by atoms with van der Waals surface area (Å²) in [5.74, 6) is -1.21. The van der Waals surface area contributed by atoms with Crippen molar-refractivity contribution in [1.29, 1.82) is 0 Å². The average Bonchev–Trinajstić information content (AvgIpc) is 2.95. The normalized spacial score (nSPS) is 11.7. The van der Waals surface area contributed by atoms with Crippen molar-refractivity contribution in [2.45, 2.75) is 45.6 Å². The highest BCUT2D eigenvalue weighted by atomic mass is 19.4. The Bertz CT molecular complexity index is 1600. The number of aliphatic carboxylic acids is 1. The second-order valence-electron chi connectivity index (χ2n) is 9.71. The number of fused-ring (bicyclic) bond motifs is 1. The lowest BCUT2D eigenvalue weighted by atomic mass is 10.0. The number of ether oxygens (including phenoxy) is 2. The van der Waals surface area contributed by atoms with E-state index in [1.54, 1.807) is 24.4 Å². The monoisotopic (exact) mass is 614 g/mol. The molecule has 234 valence electrons. The molecule has 0 aliphatic heterocycles. The van der Waals surface area contributed by atoms with Crippen LogP contribution in [0.2, 0.25) is 0 Å². The van der Waals surface area contributed by atoms with Crippen LogP contribution in [0.15, 0.2) is 72.9 Å². The van der Waals surface area contributed by atoms with Crippen LogP contribution in [0.3, 0.4) is 0 Å². The number of phenolic OH excluding ortho intramolecular Hbond substituents is 1. The van der Waals surface area contributed by atoms with Crippen molar-refractivity contribution < 1.29 is 42.4 Å². The summed E-state index contributed by atoms with van der Waals surface area (Å²) in [6, 6.07) is 19.1. The number of aromatic hydroxyl groups is 1. The van der Waals surface area contributed by atoms with Gasteiger partial charge in [-0.1, -0.05) is 18.2 Å². The lowest BCUT2D eigenvalue weighted by Crippen LogP contribution is -2.33. The fourth-order valence-electron chi connectivity index (χ4n) is 4.04. The molecule has 0 bridgehead atoms. The molecule has 0 radical (unpaired) electrons. The maximum atomic E-state index is 13.5. The molecule has 6 N–H and O–H groups in total. The van der Waals surface area contributed by atoms with Gasteiger partial charge in [-0.3, -0.25) is 4.79 Å². The number of amides is 1. The Kier molecular flexibility index (Phi) is 11.2. The molecule has 0 saturated carbocycles. The number of rotatable bonds is 10. The first-order chi connectivity index (χ1) is 20.8. The van der Waals surface area contributed by atoms with E-state index >= 15 is 0 Å². The van der Waals surface area contributed by atoms with E-state index < -0.39 is 18.2 Å². The van der Waals surface area contributed by atoms with Gasteiger partial charge in [0.2, 0.25) is 5.91 Å². The lowest BCUT2D eigenvalue weighted by molar-refractivity contribution is -0.192. The minimum Gasteiger partial charge on any atom is -0.508 e. The summed E-state index contributed by atoms with van der Waals surface area (Å²) in [5.41, 5.74) is 8.25. The topological polar surface area (TPSA) is 156 Å². The molecule has 1 aromatic heterocycles. The van der Waals surface area contributed by atoms with Crippen molar-refractivity contribution in [3.8, 4) is 17.2 Å². The van der Waals surface area contributed by atoms with E-state index in [0.717, 1.165) is 22.0 Å². The van der Waals surface area contributed by atoms with Gasteiger partial charge in [0, 0.05) is 23.8 Å². The van der Waals surface area contributed by atoms with Crippen LogP contribution in [0.4, 0.5) is 24.7 Å². The number of hydrogen-bond donors (Lipinski definition) is 5. The Balaban J connectivity index is 0.000000676. The van der Waals surface area contributed by atoms with Crippen molar-refractivity contribution >= 4 is 34.2 Å². The van der Waals surface area contributed by atoms with Crippen LogP contribution in [-0.4, -0.2) is 46.0 Å². The molecule has 1 amide bonds. The summed E-state index contributed by atoms with van der Waals surface area (Å²) in [7, 11) is 0. The molecule has 1 heterocycles. The maximum absolute atomic E-state index is 13.5. The van der Waals surface area contributed by atoms with E-state index in [4.69, 9.17) is 25.1 Å². The Morgan fingerprint density at radius 2 is 1.75 bits per heavy atom. The standard InChI is InChI=1S/C29H32N4O4.C2HF3O2/c1-4-36-26-16-21(8-11-25(26)37-18(2)3)27(29(35)32-17-19-6-5-7-23(34)14-19)33-22-9-10-24-20(15-22)12-13-31-28(24)30;3-2(4,5)1(6)7/h5-16,18,27,33-34H,4,17H2,1-3H3,(H2,30,31)(H,32,35);(H,6,7). The van der Waals surface area contributed by atoms with E-state index in [2.05, 4.69) is 15.6 Å². The number of carboxylic acids is 1. The van der Waals surface area contributed by atoms with E-state index in [-0.39, 0.29) is 24.3 Å². The highest BCUT2D eigenvalue weighted by molar-refractivity contribution is 5.94. The van der Waals surface area contributed by atoms with Gasteiger partial charge in [-0.2, -0.15) is 13.2 Å². The first kappa shape index (κ1) is 33.3. The predicted molar refractivity (Wildman–Crippen MR) is 160 cm³/mol. The zero-order chi connectivity index (χ0) is 32.4. The van der Waals surface area contributed by atoms with Crippen LogP contribution in [0.25, 0.3) is 10.8 Å². The summed E-state index contributed by atoms with van der Waals surface area (Å²) < 4.78 is 43.5. The number of carbonyl (C=O) groups excluding carboxylic acids is 1. The molecule has 10 nitrogen and oxygen atoms in total. The smallest absolute Gasteiger partial charge is 0.490 e. The minimum absolute atomic E-state index is 0.0240. The van der Waals surface area contributed by atoms with E-state index in [0.29, 0.717) is 29.5 Å². The van der Waals surface area contributed by atoms with Gasteiger partial charge >= 0.3 is 12.1 Å². The van der Waals surface area contributed by atoms with Crippen molar-refractivity contribution in [1.82, 2.24) is 10.3 Å². The van der Waals surface area contributed by atoms with Crippen LogP contribution >= 0.6 is 0 Å². The number of anilines is 2. The molecule has 0 aliphatic carbocycles. The Morgan fingerprint density at radius 1 is 1.02 bits per heavy atom. The summed E-state index contributed by atoms with van der Waals surface area (Å²) in [6.07, 6.45) is -3.45. The number of halogens is 3. The zero-order valence-corrected chi connectivity index (χ0v) is 24.2. The van der Waals surface area contributed by atoms with Crippen LogP contribution in [0.1, 0.15) is 37.9 Å². The van der Waals surface area contributed by atoms with Crippen LogP contribution < -0.4 is 25.8 Å². The third-order valence-corrected chi connectivity index (χ3v) is 5.95. The number of pyridine rings is 1. The summed E-state index contributed by atoms with van der Waals surface area (Å²) >= 11 is 0. The number of nitrogens with one attached hydrogen (secondary N) is 2. The molecule has 4 rings (SSSR count). The summed E-state index contributed by atoms with van der Waals surface area (Å²) in [5, 5.41) is 25.0. The van der Waals surface area contributed by atoms with Crippen molar-refractivity contribution in [2.75, 3.05) is 17.7 Å². The molecule has 44 heavy (non-hydrogen) atoms. The molecule has 4 aromatic rings. The second-order valence-corrected chi connectivity index (χ2v) is 9.71. The molecule has 0 spiro atoms. The van der Waals surface area contributed by atoms with Gasteiger partial charge in [0.1, 0.15) is 17.6 Å². The SMILES string of the molecule is CCOc1cc(C(Nc2ccc3c(N)nccc3c2)C(=O)NCc2cccc(O)c2)ccc1OC(C)C.O=C(O)C(F)(F)F. The molecule has 0 saturated heterocycles. The third kappa shape index (κ3) is 9.41. The van der Waals surface area contributed by atoms with Gasteiger partial charge in [-0.15, -0.1) is 0 Å². The fourth-order valence-corrected chi connectivity index (χ4v) is 4.04. The van der Waals surface area contributed by atoms with E-state index in [1.165, 1.54) is 0 Å². The van der Waals surface area contributed by atoms with Gasteiger partial charge in [-0.05, 0) is 85.8 Å². The van der Waals surface area contributed by atoms with Crippen molar-refractivity contribution in [3.63, 3.8) is 0 Å².